The van der Waals surface area contributed by atoms with Crippen molar-refractivity contribution < 1.29 is 4.74 Å². The van der Waals surface area contributed by atoms with Gasteiger partial charge in [-0.2, -0.15) is 0 Å². The molecule has 2 N–H and O–H groups in total. The minimum absolute atomic E-state index is 0.437. The van der Waals surface area contributed by atoms with Crippen LogP contribution < -0.4 is 10.5 Å². The van der Waals surface area contributed by atoms with E-state index in [1.165, 1.54) is 0 Å². The normalized spacial score (nSPS) is 10.2. The van der Waals surface area contributed by atoms with E-state index in [0.717, 1.165) is 10.0 Å². The molecule has 2 rings (SSSR count). The molecule has 1 aromatic carbocycles. The van der Waals surface area contributed by atoms with E-state index >= 15 is 0 Å². The number of ether oxygens (including phenoxy) is 1. The van der Waals surface area contributed by atoms with Crippen LogP contribution in [-0.2, 0) is 6.61 Å². The van der Waals surface area contributed by atoms with E-state index in [-0.39, 0.29) is 0 Å². The Morgan fingerprint density at radius 2 is 2.12 bits per heavy atom. The molecular formula is C12H10BrClN2O. The fourth-order valence-corrected chi connectivity index (χ4v) is 1.88. The quantitative estimate of drug-likeness (QED) is 0.880. The first-order valence-electron chi connectivity index (χ1n) is 4.92. The summed E-state index contributed by atoms with van der Waals surface area (Å²) in [6.45, 7) is 0.437. The van der Waals surface area contributed by atoms with E-state index < -0.39 is 0 Å². The fourth-order valence-electron chi connectivity index (χ4n) is 1.30. The Balaban J connectivity index is 2.05. The van der Waals surface area contributed by atoms with Gasteiger partial charge in [0.25, 0.3) is 0 Å². The van der Waals surface area contributed by atoms with Crippen molar-refractivity contribution in [1.29, 1.82) is 0 Å². The fraction of sp³-hybridized carbons (Fsp3) is 0.0833. The summed E-state index contributed by atoms with van der Waals surface area (Å²) in [5.41, 5.74) is 7.14. The number of nitrogens with zero attached hydrogens (tertiary/aromatic N) is 1. The number of hydrogen-bond donors (Lipinski definition) is 1. The summed E-state index contributed by atoms with van der Waals surface area (Å²) < 4.78 is 6.51. The minimum Gasteiger partial charge on any atom is -0.489 e. The van der Waals surface area contributed by atoms with Crippen LogP contribution in [0.5, 0.6) is 5.75 Å². The van der Waals surface area contributed by atoms with E-state index in [2.05, 4.69) is 20.9 Å². The lowest BCUT2D eigenvalue weighted by molar-refractivity contribution is 0.306. The molecule has 0 aliphatic heterocycles. The van der Waals surface area contributed by atoms with Crippen molar-refractivity contribution in [2.24, 2.45) is 0 Å². The number of hydrogen-bond acceptors (Lipinski definition) is 3. The number of aromatic nitrogens is 1. The molecule has 1 heterocycles. The van der Waals surface area contributed by atoms with Gasteiger partial charge in [-0.05, 0) is 34.1 Å². The van der Waals surface area contributed by atoms with Crippen LogP contribution in [0.3, 0.4) is 0 Å². The highest BCUT2D eigenvalue weighted by Crippen LogP contribution is 2.24. The van der Waals surface area contributed by atoms with Crippen LogP contribution in [0.4, 0.5) is 5.69 Å². The first-order chi connectivity index (χ1) is 8.15. The van der Waals surface area contributed by atoms with Crippen LogP contribution in [0.2, 0.25) is 5.02 Å². The van der Waals surface area contributed by atoms with E-state index in [9.17, 15) is 0 Å². The molecule has 0 bridgehead atoms. The van der Waals surface area contributed by atoms with Crippen molar-refractivity contribution in [3.63, 3.8) is 0 Å². The first-order valence-corrected chi connectivity index (χ1v) is 6.09. The van der Waals surface area contributed by atoms with Gasteiger partial charge in [-0.3, -0.25) is 4.98 Å². The van der Waals surface area contributed by atoms with E-state index in [1.807, 2.05) is 6.07 Å². The molecule has 0 aliphatic rings. The average molecular weight is 314 g/mol. The van der Waals surface area contributed by atoms with Crippen LogP contribution in [-0.4, -0.2) is 4.98 Å². The highest BCUT2D eigenvalue weighted by Gasteiger charge is 2.00. The second-order valence-electron chi connectivity index (χ2n) is 3.48. The summed E-state index contributed by atoms with van der Waals surface area (Å²) in [6, 6.07) is 7.15. The number of pyridine rings is 1. The largest absolute Gasteiger partial charge is 0.489 e. The van der Waals surface area contributed by atoms with E-state index in [1.54, 1.807) is 30.6 Å². The molecule has 0 radical (unpaired) electrons. The summed E-state index contributed by atoms with van der Waals surface area (Å²) in [5.74, 6) is 0.684. The van der Waals surface area contributed by atoms with Crippen molar-refractivity contribution in [2.75, 3.05) is 5.73 Å². The maximum Gasteiger partial charge on any atom is 0.121 e. The molecular weight excluding hydrogens is 304 g/mol. The summed E-state index contributed by atoms with van der Waals surface area (Å²) in [4.78, 5) is 4.06. The molecule has 0 fully saturated rings. The third-order valence-corrected chi connectivity index (χ3v) is 2.90. The van der Waals surface area contributed by atoms with Gasteiger partial charge in [0.05, 0.1) is 10.7 Å². The number of benzene rings is 1. The van der Waals surface area contributed by atoms with Gasteiger partial charge in [0.2, 0.25) is 0 Å². The second-order valence-corrected chi connectivity index (χ2v) is 4.81. The van der Waals surface area contributed by atoms with Crippen molar-refractivity contribution in [3.05, 3.63) is 51.7 Å². The van der Waals surface area contributed by atoms with Gasteiger partial charge in [-0.25, -0.2) is 0 Å². The highest BCUT2D eigenvalue weighted by molar-refractivity contribution is 9.10. The molecule has 3 nitrogen and oxygen atoms in total. The third-order valence-electron chi connectivity index (χ3n) is 2.14. The number of anilines is 1. The average Bonchev–Trinajstić information content (AvgIpc) is 2.31. The third kappa shape index (κ3) is 3.35. The lowest BCUT2D eigenvalue weighted by Crippen LogP contribution is -1.96. The van der Waals surface area contributed by atoms with E-state index in [4.69, 9.17) is 22.1 Å². The lowest BCUT2D eigenvalue weighted by Gasteiger charge is -2.07. The van der Waals surface area contributed by atoms with Gasteiger partial charge in [-0.1, -0.05) is 11.6 Å². The zero-order valence-electron chi connectivity index (χ0n) is 8.86. The number of halogens is 2. The summed E-state index contributed by atoms with van der Waals surface area (Å²) >= 11 is 9.25. The Morgan fingerprint density at radius 1 is 1.29 bits per heavy atom. The van der Waals surface area contributed by atoms with Gasteiger partial charge in [-0.15, -0.1) is 0 Å². The molecule has 5 heteroatoms. The van der Waals surface area contributed by atoms with Gasteiger partial charge in [0.15, 0.2) is 0 Å². The van der Waals surface area contributed by atoms with E-state index in [0.29, 0.717) is 23.1 Å². The van der Waals surface area contributed by atoms with Gasteiger partial charge in [0, 0.05) is 28.5 Å². The Hall–Kier alpha value is -1.26. The molecule has 0 unspecified atom stereocenters. The molecule has 0 amide bonds. The second kappa shape index (κ2) is 5.38. The first kappa shape index (κ1) is 12.2. The summed E-state index contributed by atoms with van der Waals surface area (Å²) in [7, 11) is 0. The molecule has 0 saturated carbocycles. The van der Waals surface area contributed by atoms with Gasteiger partial charge in [0.1, 0.15) is 12.4 Å². The maximum atomic E-state index is 5.90. The topological polar surface area (TPSA) is 48.1 Å². The number of nitrogens with two attached hydrogens (primary N) is 1. The lowest BCUT2D eigenvalue weighted by atomic mass is 10.3. The van der Waals surface area contributed by atoms with Crippen LogP contribution in [0.1, 0.15) is 5.56 Å². The number of rotatable bonds is 3. The van der Waals surface area contributed by atoms with Crippen molar-refractivity contribution in [2.45, 2.75) is 6.61 Å². The Morgan fingerprint density at radius 3 is 2.82 bits per heavy atom. The summed E-state index contributed by atoms with van der Waals surface area (Å²) in [5, 5.41) is 0.495. The Labute approximate surface area is 113 Å². The molecule has 0 spiro atoms. The van der Waals surface area contributed by atoms with Crippen molar-refractivity contribution >= 4 is 33.2 Å². The standard InChI is InChI=1S/C12H10BrClN2O/c13-9-3-8(5-16-6-9)7-17-10-1-2-12(15)11(14)4-10/h1-6H,7,15H2. The monoisotopic (exact) mass is 312 g/mol. The SMILES string of the molecule is Nc1ccc(OCc2cncc(Br)c2)cc1Cl. The molecule has 17 heavy (non-hydrogen) atoms. The predicted molar refractivity (Wildman–Crippen MR) is 72.1 cm³/mol. The maximum absolute atomic E-state index is 5.90. The summed E-state index contributed by atoms with van der Waals surface area (Å²) in [6.07, 6.45) is 3.48. The molecule has 1 aromatic heterocycles. The Bertz CT molecular complexity index is 534. The zero-order valence-corrected chi connectivity index (χ0v) is 11.2. The van der Waals surface area contributed by atoms with Gasteiger partial charge < -0.3 is 10.5 Å². The minimum atomic E-state index is 0.437. The van der Waals surface area contributed by atoms with Crippen LogP contribution in [0, 0.1) is 0 Å². The molecule has 0 aliphatic carbocycles. The zero-order chi connectivity index (χ0) is 12.3. The van der Waals surface area contributed by atoms with Crippen molar-refractivity contribution in [1.82, 2.24) is 4.98 Å². The van der Waals surface area contributed by atoms with Crippen LogP contribution >= 0.6 is 27.5 Å². The van der Waals surface area contributed by atoms with Crippen LogP contribution in [0.25, 0.3) is 0 Å². The smallest absolute Gasteiger partial charge is 0.121 e. The molecule has 88 valence electrons. The molecule has 0 atom stereocenters. The van der Waals surface area contributed by atoms with Crippen molar-refractivity contribution in [3.8, 4) is 5.75 Å². The molecule has 2 aromatic rings. The van der Waals surface area contributed by atoms with Gasteiger partial charge >= 0.3 is 0 Å². The Kier molecular flexibility index (Phi) is 3.86. The van der Waals surface area contributed by atoms with Crippen LogP contribution in [0.15, 0.2) is 41.1 Å². The highest BCUT2D eigenvalue weighted by atomic mass is 79.9. The number of nitrogen functional groups attached to an aromatic ring is 1. The molecule has 0 saturated heterocycles. The predicted octanol–water partition coefficient (Wildman–Crippen LogP) is 3.66.